The first-order valence-electron chi connectivity index (χ1n) is 10.6. The van der Waals surface area contributed by atoms with E-state index in [1.165, 1.54) is 6.07 Å². The fourth-order valence-corrected chi connectivity index (χ4v) is 4.01. The van der Waals surface area contributed by atoms with E-state index in [2.05, 4.69) is 4.98 Å². The summed E-state index contributed by atoms with van der Waals surface area (Å²) < 4.78 is 43.3. The predicted molar refractivity (Wildman–Crippen MR) is 110 cm³/mol. The molecule has 1 aromatic carbocycles. The molecule has 1 aliphatic rings. The number of aromatic nitrogens is 2. The largest absolute Gasteiger partial charge is 0.380 e. The van der Waals surface area contributed by atoms with Crippen LogP contribution >= 0.6 is 0 Å². The number of halogens is 3. The van der Waals surface area contributed by atoms with Gasteiger partial charge in [0.15, 0.2) is 5.82 Å². The number of hydrogen-bond donors (Lipinski definition) is 1. The van der Waals surface area contributed by atoms with Crippen LogP contribution in [0.1, 0.15) is 76.7 Å². The lowest BCUT2D eigenvalue weighted by molar-refractivity contribution is -0.120. The Balaban J connectivity index is 1.91. The maximum Gasteiger partial charge on any atom is 0.151 e. The molecular formula is C23H31F3N2O2. The Hall–Kier alpha value is -1.89. The summed E-state index contributed by atoms with van der Waals surface area (Å²) in [5, 5.41) is 10.2. The van der Waals surface area contributed by atoms with Crippen molar-refractivity contribution in [3.63, 3.8) is 0 Å². The first-order chi connectivity index (χ1) is 14.1. The average Bonchev–Trinajstić information content (AvgIpc) is 2.97. The number of benzene rings is 1. The van der Waals surface area contributed by atoms with Gasteiger partial charge in [-0.15, -0.1) is 0 Å². The minimum Gasteiger partial charge on any atom is -0.380 e. The molecule has 0 radical (unpaired) electrons. The van der Waals surface area contributed by atoms with E-state index in [9.17, 15) is 23.1 Å². The van der Waals surface area contributed by atoms with Gasteiger partial charge in [0.2, 0.25) is 0 Å². The second-order valence-corrected chi connectivity index (χ2v) is 9.74. The van der Waals surface area contributed by atoms with Crippen LogP contribution in [0.3, 0.4) is 0 Å². The highest BCUT2D eigenvalue weighted by Crippen LogP contribution is 2.38. The van der Waals surface area contributed by atoms with E-state index in [4.69, 9.17) is 0 Å². The van der Waals surface area contributed by atoms with Crippen LogP contribution in [0.25, 0.3) is 11.0 Å². The fraction of sp³-hybridized carbons (Fsp3) is 0.652. The van der Waals surface area contributed by atoms with E-state index >= 15 is 0 Å². The van der Waals surface area contributed by atoms with Gasteiger partial charge >= 0.3 is 0 Å². The zero-order valence-electron chi connectivity index (χ0n) is 18.0. The predicted octanol–water partition coefficient (Wildman–Crippen LogP) is 5.36. The molecule has 1 N–H and O–H groups in total. The van der Waals surface area contributed by atoms with Crippen LogP contribution in [0.2, 0.25) is 0 Å². The van der Waals surface area contributed by atoms with Crippen LogP contribution in [0.5, 0.6) is 0 Å². The van der Waals surface area contributed by atoms with Crippen LogP contribution in [0.15, 0.2) is 12.1 Å². The third kappa shape index (κ3) is 4.71. The number of nitrogens with zero attached hydrogens (tertiary/aromatic N) is 2. The maximum atomic E-state index is 14.8. The number of carbonyl (C=O) groups is 1. The molecule has 1 aromatic heterocycles. The van der Waals surface area contributed by atoms with Crippen LogP contribution in [0.4, 0.5) is 13.2 Å². The normalized spacial score (nSPS) is 15.6. The third-order valence-corrected chi connectivity index (χ3v) is 5.82. The fourth-order valence-electron chi connectivity index (χ4n) is 4.01. The van der Waals surface area contributed by atoms with E-state index in [0.717, 1.165) is 25.3 Å². The van der Waals surface area contributed by atoms with E-state index in [1.54, 1.807) is 0 Å². The van der Waals surface area contributed by atoms with Gasteiger partial charge in [0.05, 0.1) is 5.52 Å². The van der Waals surface area contributed by atoms with E-state index in [-0.39, 0.29) is 28.3 Å². The molecule has 4 nitrogen and oxygen atoms in total. The number of carbonyl (C=O) groups excluding carboxylic acids is 1. The molecule has 0 amide bonds. The number of fused-ring (bicyclic) bond motifs is 1. The topological polar surface area (TPSA) is 55.1 Å². The van der Waals surface area contributed by atoms with Crippen LogP contribution in [-0.2, 0) is 16.8 Å². The average molecular weight is 425 g/mol. The highest BCUT2D eigenvalue weighted by Gasteiger charge is 2.33. The molecule has 0 spiro atoms. The van der Waals surface area contributed by atoms with E-state index in [1.807, 2.05) is 25.3 Å². The number of Topliss-reactive ketones (excluding diaryl/α,β-unsaturated/α-hetero) is 1. The standard InChI is InChI=1S/C23H31F3N2O2/c1-22(2,3)12-17(29)8-5-9-20-27-21-18(26)10-15(23(30,13-24)14-25)11-19(21)28(20)16-6-4-7-16/h10-11,16,30H,4-9,12-14H2,1-3H3. The third-order valence-electron chi connectivity index (χ3n) is 5.82. The first-order valence-corrected chi connectivity index (χ1v) is 10.6. The highest BCUT2D eigenvalue weighted by atomic mass is 19.1. The Morgan fingerprint density at radius 3 is 2.43 bits per heavy atom. The number of rotatable bonds is 9. The van der Waals surface area contributed by atoms with Crippen molar-refractivity contribution in [1.29, 1.82) is 0 Å². The van der Waals surface area contributed by atoms with Gasteiger partial charge in [-0.05, 0) is 48.8 Å². The van der Waals surface area contributed by atoms with E-state index in [0.29, 0.717) is 37.0 Å². The molecule has 0 saturated heterocycles. The molecule has 3 rings (SSSR count). The minimum absolute atomic E-state index is 0.0562. The molecule has 1 fully saturated rings. The molecule has 2 aromatic rings. The van der Waals surface area contributed by atoms with Crippen LogP contribution < -0.4 is 0 Å². The lowest BCUT2D eigenvalue weighted by atomic mass is 9.88. The number of aliphatic hydroxyl groups is 1. The van der Waals surface area contributed by atoms with Gasteiger partial charge in [0.1, 0.15) is 36.1 Å². The Labute approximate surface area is 175 Å². The first kappa shape index (κ1) is 22.8. The summed E-state index contributed by atoms with van der Waals surface area (Å²) >= 11 is 0. The summed E-state index contributed by atoms with van der Waals surface area (Å²) in [5.41, 5.74) is -1.94. The van der Waals surface area contributed by atoms with Gasteiger partial charge in [0, 0.05) is 25.3 Å². The SMILES string of the molecule is CC(C)(C)CC(=O)CCCc1nc2c(F)cc(C(O)(CF)CF)cc2n1C1CCC1. The lowest BCUT2D eigenvalue weighted by Crippen LogP contribution is -2.31. The van der Waals surface area contributed by atoms with Crippen molar-refractivity contribution in [2.45, 2.75) is 77.4 Å². The molecule has 0 atom stereocenters. The minimum atomic E-state index is -2.36. The summed E-state index contributed by atoms with van der Waals surface area (Å²) in [4.78, 5) is 16.7. The number of ketones is 1. The van der Waals surface area contributed by atoms with Gasteiger partial charge < -0.3 is 9.67 Å². The number of aryl methyl sites for hydroxylation is 1. The molecule has 7 heteroatoms. The molecule has 0 aliphatic heterocycles. The van der Waals surface area contributed by atoms with Crippen molar-refractivity contribution in [2.75, 3.05) is 13.3 Å². The van der Waals surface area contributed by atoms with Crippen molar-refractivity contribution in [3.05, 3.63) is 29.3 Å². The summed E-state index contributed by atoms with van der Waals surface area (Å²) in [7, 11) is 0. The van der Waals surface area contributed by atoms with E-state index < -0.39 is 24.8 Å². The van der Waals surface area contributed by atoms with Crippen molar-refractivity contribution in [1.82, 2.24) is 9.55 Å². The molecule has 0 unspecified atom stereocenters. The summed E-state index contributed by atoms with van der Waals surface area (Å²) in [5.74, 6) is 0.169. The molecule has 1 heterocycles. The molecule has 0 bridgehead atoms. The number of alkyl halides is 2. The Morgan fingerprint density at radius 1 is 1.23 bits per heavy atom. The summed E-state index contributed by atoms with van der Waals surface area (Å²) in [6.45, 7) is 3.40. The van der Waals surface area contributed by atoms with Crippen molar-refractivity contribution < 1.29 is 23.1 Å². The zero-order valence-corrected chi connectivity index (χ0v) is 18.0. The van der Waals surface area contributed by atoms with Gasteiger partial charge in [-0.2, -0.15) is 0 Å². The van der Waals surface area contributed by atoms with Gasteiger partial charge in [-0.3, -0.25) is 4.79 Å². The molecule has 1 aliphatic carbocycles. The Bertz CT molecular complexity index is 909. The van der Waals surface area contributed by atoms with Crippen molar-refractivity contribution in [3.8, 4) is 0 Å². The van der Waals surface area contributed by atoms with Crippen molar-refractivity contribution in [2.24, 2.45) is 5.41 Å². The quantitative estimate of drug-likeness (QED) is 0.590. The second kappa shape index (κ2) is 8.69. The molecular weight excluding hydrogens is 393 g/mol. The Morgan fingerprint density at radius 2 is 1.90 bits per heavy atom. The van der Waals surface area contributed by atoms with Gasteiger partial charge in [-0.1, -0.05) is 20.8 Å². The maximum absolute atomic E-state index is 14.8. The molecule has 1 saturated carbocycles. The zero-order chi connectivity index (χ0) is 22.1. The van der Waals surface area contributed by atoms with Crippen LogP contribution in [0, 0.1) is 11.2 Å². The summed E-state index contributed by atoms with van der Waals surface area (Å²) in [6, 6.07) is 2.57. The highest BCUT2D eigenvalue weighted by molar-refractivity contribution is 5.79. The molecule has 166 valence electrons. The van der Waals surface area contributed by atoms with Crippen molar-refractivity contribution >= 4 is 16.8 Å². The second-order valence-electron chi connectivity index (χ2n) is 9.74. The van der Waals surface area contributed by atoms with Crippen LogP contribution in [-0.4, -0.2) is 33.8 Å². The lowest BCUT2D eigenvalue weighted by Gasteiger charge is -2.30. The Kier molecular flexibility index (Phi) is 6.60. The number of hydrogen-bond acceptors (Lipinski definition) is 3. The summed E-state index contributed by atoms with van der Waals surface area (Å²) in [6.07, 6.45) is 4.96. The molecule has 30 heavy (non-hydrogen) atoms. The monoisotopic (exact) mass is 424 g/mol. The number of imidazole rings is 1. The van der Waals surface area contributed by atoms with Gasteiger partial charge in [0.25, 0.3) is 0 Å². The van der Waals surface area contributed by atoms with Gasteiger partial charge in [-0.25, -0.2) is 18.2 Å². The smallest absolute Gasteiger partial charge is 0.151 e.